The number of carbonyl (C=O) groups is 1. The fourth-order valence-electron chi connectivity index (χ4n) is 2.97. The molecule has 1 fully saturated rings. The molecule has 2 aromatic rings. The maximum Gasteiger partial charge on any atom is 0.219 e. The average molecular weight is 314 g/mol. The summed E-state index contributed by atoms with van der Waals surface area (Å²) in [4.78, 5) is 22.4. The van der Waals surface area contributed by atoms with Crippen molar-refractivity contribution in [2.75, 3.05) is 18.4 Å². The van der Waals surface area contributed by atoms with E-state index < -0.39 is 0 Å². The highest BCUT2D eigenvalue weighted by Crippen LogP contribution is 2.28. The number of nitrogens with one attached hydrogen (secondary N) is 2. The average Bonchev–Trinajstić information content (AvgIpc) is 2.92. The van der Waals surface area contributed by atoms with Crippen molar-refractivity contribution in [3.8, 4) is 0 Å². The van der Waals surface area contributed by atoms with E-state index in [9.17, 15) is 4.79 Å². The van der Waals surface area contributed by atoms with E-state index in [-0.39, 0.29) is 5.91 Å². The van der Waals surface area contributed by atoms with E-state index in [2.05, 4.69) is 25.5 Å². The van der Waals surface area contributed by atoms with Crippen molar-refractivity contribution in [2.24, 2.45) is 0 Å². The van der Waals surface area contributed by atoms with Crippen LogP contribution in [-0.2, 0) is 4.79 Å². The molecule has 7 heteroatoms. The minimum atomic E-state index is 0.151. The summed E-state index contributed by atoms with van der Waals surface area (Å²) in [5.41, 5.74) is 2.03. The van der Waals surface area contributed by atoms with Gasteiger partial charge >= 0.3 is 0 Å². The molecule has 3 heterocycles. The topological polar surface area (TPSA) is 86.8 Å². The van der Waals surface area contributed by atoms with Crippen molar-refractivity contribution < 1.29 is 4.79 Å². The first-order valence-corrected chi connectivity index (χ1v) is 7.91. The molecule has 0 aliphatic carbocycles. The smallest absolute Gasteiger partial charge is 0.219 e. The Labute approximate surface area is 135 Å². The number of hydrogen-bond acceptors (Lipinski definition) is 5. The van der Waals surface area contributed by atoms with Crippen molar-refractivity contribution in [2.45, 2.75) is 39.5 Å². The number of nitrogens with zero attached hydrogens (tertiary/aromatic N) is 4. The number of likely N-dealkylation sites (tertiary alicyclic amines) is 1. The number of piperidine rings is 1. The molecule has 0 saturated carbocycles. The number of H-pyrrole nitrogens is 1. The first kappa shape index (κ1) is 15.5. The Morgan fingerprint density at radius 3 is 2.57 bits per heavy atom. The second-order valence-electron chi connectivity index (χ2n) is 6.07. The number of aromatic nitrogens is 4. The summed E-state index contributed by atoms with van der Waals surface area (Å²) >= 11 is 0. The summed E-state index contributed by atoms with van der Waals surface area (Å²) in [5.74, 6) is 2.77. The van der Waals surface area contributed by atoms with E-state index in [0.29, 0.717) is 5.92 Å². The standard InChI is InChI=1S/C16H22N6O/c1-10-8-16(21-20-10)19-15-9-14(17-11(2)18-15)13-4-6-22(7-5-13)12(3)23/h8-9,13H,4-7H2,1-3H3,(H2,17,18,19,20,21). The molecule has 122 valence electrons. The van der Waals surface area contributed by atoms with Crippen LogP contribution >= 0.6 is 0 Å². The second kappa shape index (κ2) is 6.36. The predicted octanol–water partition coefficient (Wildman–Crippen LogP) is 2.29. The fraction of sp³-hybridized carbons (Fsp3) is 0.500. The van der Waals surface area contributed by atoms with E-state index in [1.807, 2.05) is 30.9 Å². The van der Waals surface area contributed by atoms with Crippen molar-refractivity contribution in [3.63, 3.8) is 0 Å². The minimum Gasteiger partial charge on any atom is -0.343 e. The first-order valence-electron chi connectivity index (χ1n) is 7.91. The lowest BCUT2D eigenvalue weighted by Gasteiger charge is -2.31. The molecular formula is C16H22N6O. The van der Waals surface area contributed by atoms with Gasteiger partial charge in [-0.15, -0.1) is 0 Å². The third kappa shape index (κ3) is 3.67. The van der Waals surface area contributed by atoms with Gasteiger partial charge in [-0.3, -0.25) is 9.89 Å². The third-order valence-electron chi connectivity index (χ3n) is 4.18. The molecule has 0 atom stereocenters. The largest absolute Gasteiger partial charge is 0.343 e. The SMILES string of the molecule is CC(=O)N1CCC(c2cc(Nc3cc(C)[nH]n3)nc(C)n2)CC1. The second-order valence-corrected chi connectivity index (χ2v) is 6.07. The lowest BCUT2D eigenvalue weighted by atomic mass is 9.93. The van der Waals surface area contributed by atoms with Gasteiger partial charge in [0.25, 0.3) is 0 Å². The van der Waals surface area contributed by atoms with Gasteiger partial charge in [0.1, 0.15) is 11.6 Å². The quantitative estimate of drug-likeness (QED) is 0.907. The maximum atomic E-state index is 11.4. The van der Waals surface area contributed by atoms with Crippen LogP contribution < -0.4 is 5.32 Å². The van der Waals surface area contributed by atoms with E-state index in [0.717, 1.165) is 54.8 Å². The molecule has 0 spiro atoms. The van der Waals surface area contributed by atoms with Crippen molar-refractivity contribution in [1.29, 1.82) is 0 Å². The van der Waals surface area contributed by atoms with Gasteiger partial charge in [0, 0.05) is 49.5 Å². The maximum absolute atomic E-state index is 11.4. The molecule has 3 rings (SSSR count). The number of aromatic amines is 1. The highest BCUT2D eigenvalue weighted by atomic mass is 16.2. The normalized spacial score (nSPS) is 15.7. The Balaban J connectivity index is 1.74. The Morgan fingerprint density at radius 2 is 1.96 bits per heavy atom. The number of rotatable bonds is 3. The monoisotopic (exact) mass is 314 g/mol. The predicted molar refractivity (Wildman–Crippen MR) is 87.6 cm³/mol. The van der Waals surface area contributed by atoms with Crippen molar-refractivity contribution >= 4 is 17.5 Å². The molecule has 1 amide bonds. The van der Waals surface area contributed by atoms with Gasteiger partial charge in [0.05, 0.1) is 0 Å². The zero-order valence-electron chi connectivity index (χ0n) is 13.8. The van der Waals surface area contributed by atoms with Gasteiger partial charge in [-0.25, -0.2) is 9.97 Å². The minimum absolute atomic E-state index is 0.151. The van der Waals surface area contributed by atoms with Crippen LogP contribution in [0.1, 0.15) is 42.9 Å². The van der Waals surface area contributed by atoms with E-state index in [1.54, 1.807) is 6.92 Å². The molecule has 1 aliphatic heterocycles. The molecule has 2 N–H and O–H groups in total. The summed E-state index contributed by atoms with van der Waals surface area (Å²) < 4.78 is 0. The first-order chi connectivity index (χ1) is 11.0. The molecule has 0 unspecified atom stereocenters. The highest BCUT2D eigenvalue weighted by Gasteiger charge is 2.23. The van der Waals surface area contributed by atoms with Crippen LogP contribution in [0.3, 0.4) is 0 Å². The van der Waals surface area contributed by atoms with Crippen LogP contribution in [0.5, 0.6) is 0 Å². The highest BCUT2D eigenvalue weighted by molar-refractivity contribution is 5.73. The third-order valence-corrected chi connectivity index (χ3v) is 4.18. The molecule has 1 saturated heterocycles. The Morgan fingerprint density at radius 1 is 1.22 bits per heavy atom. The molecule has 1 aliphatic rings. The number of hydrogen-bond donors (Lipinski definition) is 2. The van der Waals surface area contributed by atoms with Crippen LogP contribution in [0, 0.1) is 13.8 Å². The van der Waals surface area contributed by atoms with Crippen LogP contribution in [-0.4, -0.2) is 44.1 Å². The molecule has 2 aromatic heterocycles. The van der Waals surface area contributed by atoms with Crippen LogP contribution in [0.25, 0.3) is 0 Å². The van der Waals surface area contributed by atoms with Crippen LogP contribution in [0.2, 0.25) is 0 Å². The van der Waals surface area contributed by atoms with E-state index in [4.69, 9.17) is 0 Å². The molecular weight excluding hydrogens is 292 g/mol. The molecule has 7 nitrogen and oxygen atoms in total. The van der Waals surface area contributed by atoms with Crippen molar-refractivity contribution in [3.05, 3.63) is 29.3 Å². The number of aryl methyl sites for hydroxylation is 2. The lowest BCUT2D eigenvalue weighted by molar-refractivity contribution is -0.129. The fourth-order valence-corrected chi connectivity index (χ4v) is 2.97. The van der Waals surface area contributed by atoms with Gasteiger partial charge in [-0.1, -0.05) is 0 Å². The lowest BCUT2D eigenvalue weighted by Crippen LogP contribution is -2.36. The number of anilines is 2. The van der Waals surface area contributed by atoms with Gasteiger partial charge in [-0.2, -0.15) is 5.10 Å². The van der Waals surface area contributed by atoms with Gasteiger partial charge in [0.15, 0.2) is 5.82 Å². The molecule has 0 aromatic carbocycles. The Bertz CT molecular complexity index is 702. The molecule has 0 bridgehead atoms. The Hall–Kier alpha value is -2.44. The van der Waals surface area contributed by atoms with Gasteiger partial charge in [0.2, 0.25) is 5.91 Å². The van der Waals surface area contributed by atoms with E-state index in [1.165, 1.54) is 0 Å². The summed E-state index contributed by atoms with van der Waals surface area (Å²) in [6.45, 7) is 7.07. The number of carbonyl (C=O) groups excluding carboxylic acids is 1. The van der Waals surface area contributed by atoms with Crippen LogP contribution in [0.4, 0.5) is 11.6 Å². The van der Waals surface area contributed by atoms with Gasteiger partial charge < -0.3 is 10.2 Å². The molecule has 0 radical (unpaired) electrons. The van der Waals surface area contributed by atoms with Gasteiger partial charge in [-0.05, 0) is 26.7 Å². The zero-order valence-corrected chi connectivity index (χ0v) is 13.8. The number of amides is 1. The summed E-state index contributed by atoms with van der Waals surface area (Å²) in [6.07, 6.45) is 1.88. The summed E-state index contributed by atoms with van der Waals surface area (Å²) in [7, 11) is 0. The zero-order chi connectivity index (χ0) is 16.4. The van der Waals surface area contributed by atoms with Crippen molar-refractivity contribution in [1.82, 2.24) is 25.1 Å². The molecule has 23 heavy (non-hydrogen) atoms. The van der Waals surface area contributed by atoms with Crippen LogP contribution in [0.15, 0.2) is 12.1 Å². The Kier molecular flexibility index (Phi) is 4.27. The summed E-state index contributed by atoms with van der Waals surface area (Å²) in [6, 6.07) is 3.92. The summed E-state index contributed by atoms with van der Waals surface area (Å²) in [5, 5.41) is 10.3. The van der Waals surface area contributed by atoms with E-state index >= 15 is 0 Å².